The molecule has 2 aromatic rings. The number of hydrogen-bond acceptors (Lipinski definition) is 7. The van der Waals surface area contributed by atoms with Gasteiger partial charge in [0, 0.05) is 25.2 Å². The van der Waals surface area contributed by atoms with Crippen molar-refractivity contribution < 1.29 is 14.7 Å². The molecule has 1 aliphatic heterocycles. The molecule has 0 saturated heterocycles. The minimum Gasteiger partial charge on any atom is -0.508 e. The second-order valence-electron chi connectivity index (χ2n) is 8.11. The van der Waals surface area contributed by atoms with E-state index in [1.807, 2.05) is 30.3 Å². The number of nitrogens with one attached hydrogen (secondary N) is 2. The van der Waals surface area contributed by atoms with E-state index in [1.165, 1.54) is 18.5 Å². The van der Waals surface area contributed by atoms with Gasteiger partial charge in [0.1, 0.15) is 18.1 Å². The number of hydrogen-bond donors (Lipinski definition) is 5. The molecular formula is C24H30N6O3. The molecule has 0 aliphatic carbocycles. The smallest absolute Gasteiger partial charge is 0.240 e. The molecule has 1 heterocycles. The molecule has 174 valence electrons. The molecule has 9 heteroatoms. The van der Waals surface area contributed by atoms with Crippen LogP contribution in [0, 0.1) is 0 Å². The van der Waals surface area contributed by atoms with Crippen LogP contribution in [0.25, 0.3) is 0 Å². The van der Waals surface area contributed by atoms with E-state index in [0.29, 0.717) is 19.4 Å². The van der Waals surface area contributed by atoms with Gasteiger partial charge in [-0.15, -0.1) is 0 Å². The average Bonchev–Trinajstić information content (AvgIpc) is 3.31. The summed E-state index contributed by atoms with van der Waals surface area (Å²) in [6.07, 6.45) is 4.38. The number of carbonyl (C=O) groups excluding carboxylic acids is 2. The van der Waals surface area contributed by atoms with E-state index in [9.17, 15) is 14.7 Å². The van der Waals surface area contributed by atoms with Crippen LogP contribution in [0.3, 0.4) is 0 Å². The van der Waals surface area contributed by atoms with Gasteiger partial charge in [-0.3, -0.25) is 14.6 Å². The topological polar surface area (TPSA) is 155 Å². The maximum atomic E-state index is 13.1. The van der Waals surface area contributed by atoms with Gasteiger partial charge in [0.15, 0.2) is 0 Å². The van der Waals surface area contributed by atoms with E-state index < -0.39 is 18.0 Å². The fourth-order valence-electron chi connectivity index (χ4n) is 3.59. The first-order valence-electron chi connectivity index (χ1n) is 10.9. The van der Waals surface area contributed by atoms with Crippen LogP contribution in [0.5, 0.6) is 5.75 Å². The van der Waals surface area contributed by atoms with Gasteiger partial charge in [0.2, 0.25) is 11.8 Å². The van der Waals surface area contributed by atoms with Crippen LogP contribution in [0.2, 0.25) is 0 Å². The first-order chi connectivity index (χ1) is 15.9. The van der Waals surface area contributed by atoms with Crippen molar-refractivity contribution in [2.45, 2.75) is 43.4 Å². The highest BCUT2D eigenvalue weighted by Gasteiger charge is 2.27. The van der Waals surface area contributed by atoms with Crippen molar-refractivity contribution in [2.75, 3.05) is 6.54 Å². The molecule has 0 saturated carbocycles. The number of nitrogens with zero attached hydrogens (tertiary/aromatic N) is 2. The summed E-state index contributed by atoms with van der Waals surface area (Å²) in [5.41, 5.74) is 13.7. The maximum absolute atomic E-state index is 13.1. The predicted octanol–water partition coefficient (Wildman–Crippen LogP) is 0.304. The molecule has 0 radical (unpaired) electrons. The Bertz CT molecular complexity index is 965. The number of benzene rings is 2. The van der Waals surface area contributed by atoms with E-state index in [4.69, 9.17) is 11.5 Å². The van der Waals surface area contributed by atoms with Crippen LogP contribution >= 0.6 is 0 Å². The van der Waals surface area contributed by atoms with Crippen LogP contribution in [0.15, 0.2) is 64.6 Å². The molecule has 0 fully saturated rings. The number of amides is 2. The predicted molar refractivity (Wildman–Crippen MR) is 128 cm³/mol. The Morgan fingerprint density at radius 1 is 1.00 bits per heavy atom. The van der Waals surface area contributed by atoms with Gasteiger partial charge in [-0.25, -0.2) is 4.99 Å². The number of nitrogens with two attached hydrogens (primary N) is 2. The van der Waals surface area contributed by atoms with Crippen molar-refractivity contribution in [3.63, 3.8) is 0 Å². The van der Waals surface area contributed by atoms with E-state index in [2.05, 4.69) is 20.6 Å². The number of primary amides is 1. The minimum atomic E-state index is -0.898. The fraction of sp³-hybridized carbons (Fsp3) is 0.333. The molecule has 4 atom stereocenters. The third kappa shape index (κ3) is 7.81. The zero-order valence-electron chi connectivity index (χ0n) is 18.3. The number of rotatable bonds is 12. The lowest BCUT2D eigenvalue weighted by Gasteiger charge is -2.24. The maximum Gasteiger partial charge on any atom is 0.240 e. The molecular weight excluding hydrogens is 420 g/mol. The summed E-state index contributed by atoms with van der Waals surface area (Å²) in [4.78, 5) is 33.3. The van der Waals surface area contributed by atoms with Crippen LogP contribution in [-0.2, 0) is 22.4 Å². The van der Waals surface area contributed by atoms with E-state index in [0.717, 1.165) is 11.1 Å². The number of aliphatic imine (C=N–C) groups is 2. The summed E-state index contributed by atoms with van der Waals surface area (Å²) in [6.45, 7) is 0.403. The highest BCUT2D eigenvalue weighted by atomic mass is 16.3. The molecule has 2 amide bonds. The lowest BCUT2D eigenvalue weighted by molar-refractivity contribution is -0.128. The van der Waals surface area contributed by atoms with E-state index >= 15 is 0 Å². The van der Waals surface area contributed by atoms with E-state index in [1.54, 1.807) is 18.3 Å². The van der Waals surface area contributed by atoms with E-state index in [-0.39, 0.29) is 30.2 Å². The summed E-state index contributed by atoms with van der Waals surface area (Å²) in [5, 5.41) is 15.4. The first-order valence-corrected chi connectivity index (χ1v) is 10.9. The fourth-order valence-corrected chi connectivity index (χ4v) is 3.59. The Kier molecular flexibility index (Phi) is 8.68. The first kappa shape index (κ1) is 24.1. The summed E-state index contributed by atoms with van der Waals surface area (Å²) < 4.78 is 0. The van der Waals surface area contributed by atoms with Gasteiger partial charge in [0.05, 0.1) is 12.1 Å². The molecule has 1 aliphatic rings. The van der Waals surface area contributed by atoms with Gasteiger partial charge in [-0.1, -0.05) is 42.5 Å². The Morgan fingerprint density at radius 3 is 2.33 bits per heavy atom. The van der Waals surface area contributed by atoms with Crippen LogP contribution < -0.4 is 22.1 Å². The Hall–Kier alpha value is -3.56. The summed E-state index contributed by atoms with van der Waals surface area (Å²) in [5.74, 6) is -0.885. The molecule has 2 aromatic carbocycles. The summed E-state index contributed by atoms with van der Waals surface area (Å²) >= 11 is 0. The van der Waals surface area contributed by atoms with Gasteiger partial charge in [-0.2, -0.15) is 0 Å². The standard InChI is InChI=1S/C24H30N6O3/c25-18(10-16-4-2-1-3-5-16)13-28-22(12-19-14-27-15-29-19)24(33)30-21(23(26)32)11-17-6-8-20(31)9-7-17/h1-9,14-15,18-19,21-22,28,31H,10-13,25H2,(H2,26,32)(H,30,33). The molecule has 0 spiro atoms. The van der Waals surface area contributed by atoms with Crippen LogP contribution in [0.1, 0.15) is 17.5 Å². The number of phenolic OH excluding ortho intramolecular Hbond substituents is 1. The number of phenols is 1. The largest absolute Gasteiger partial charge is 0.508 e. The molecule has 0 aromatic heterocycles. The molecule has 9 nitrogen and oxygen atoms in total. The van der Waals surface area contributed by atoms with Gasteiger partial charge in [-0.05, 0) is 36.1 Å². The Labute approximate surface area is 193 Å². The van der Waals surface area contributed by atoms with Crippen molar-refractivity contribution in [2.24, 2.45) is 21.5 Å². The molecule has 3 rings (SSSR count). The third-order valence-corrected chi connectivity index (χ3v) is 5.38. The SMILES string of the molecule is NC(=O)C(Cc1ccc(O)cc1)NC(=O)C(CC1C=NC=N1)NCC(N)Cc1ccccc1. The van der Waals surface area contributed by atoms with Crippen molar-refractivity contribution in [3.8, 4) is 5.75 Å². The van der Waals surface area contributed by atoms with Gasteiger partial charge >= 0.3 is 0 Å². The average molecular weight is 451 g/mol. The monoisotopic (exact) mass is 450 g/mol. The third-order valence-electron chi connectivity index (χ3n) is 5.38. The molecule has 33 heavy (non-hydrogen) atoms. The Morgan fingerprint density at radius 2 is 1.70 bits per heavy atom. The second kappa shape index (κ2) is 11.9. The zero-order chi connectivity index (χ0) is 23.6. The van der Waals surface area contributed by atoms with Gasteiger partial charge in [0.25, 0.3) is 0 Å². The molecule has 7 N–H and O–H groups in total. The highest BCUT2D eigenvalue weighted by Crippen LogP contribution is 2.12. The zero-order valence-corrected chi connectivity index (χ0v) is 18.3. The van der Waals surface area contributed by atoms with Crippen LogP contribution in [0.4, 0.5) is 0 Å². The van der Waals surface area contributed by atoms with Crippen LogP contribution in [-0.4, -0.2) is 60.2 Å². The molecule has 4 unspecified atom stereocenters. The lowest BCUT2D eigenvalue weighted by atomic mass is 10.0. The van der Waals surface area contributed by atoms with Crippen molar-refractivity contribution in [1.82, 2.24) is 10.6 Å². The van der Waals surface area contributed by atoms with Crippen molar-refractivity contribution >= 4 is 24.4 Å². The van der Waals surface area contributed by atoms with Crippen molar-refractivity contribution in [1.29, 1.82) is 0 Å². The summed E-state index contributed by atoms with van der Waals surface area (Å²) in [7, 11) is 0. The summed E-state index contributed by atoms with van der Waals surface area (Å²) in [6, 6.07) is 14.3. The minimum absolute atomic E-state index is 0.119. The van der Waals surface area contributed by atoms with Gasteiger partial charge < -0.3 is 27.2 Å². The second-order valence-corrected chi connectivity index (χ2v) is 8.11. The Balaban J connectivity index is 1.62. The number of aromatic hydroxyl groups is 1. The normalized spacial score (nSPS) is 17.4. The lowest BCUT2D eigenvalue weighted by Crippen LogP contribution is -2.54. The van der Waals surface area contributed by atoms with Crippen molar-refractivity contribution in [3.05, 3.63) is 65.7 Å². The quantitative estimate of drug-likeness (QED) is 0.315. The highest BCUT2D eigenvalue weighted by molar-refractivity contribution is 5.90. The molecule has 0 bridgehead atoms. The number of carbonyl (C=O) groups is 2.